The first-order chi connectivity index (χ1) is 10.8. The van der Waals surface area contributed by atoms with Crippen LogP contribution in [0.5, 0.6) is 0 Å². The molecule has 6 heteroatoms. The van der Waals surface area contributed by atoms with E-state index in [9.17, 15) is 4.79 Å². The molecule has 1 aliphatic heterocycles. The number of piperidine rings is 1. The molecule has 6 nitrogen and oxygen atoms in total. The summed E-state index contributed by atoms with van der Waals surface area (Å²) in [6.07, 6.45) is 11.0. The lowest BCUT2D eigenvalue weighted by atomic mass is 10.0. The van der Waals surface area contributed by atoms with Crippen molar-refractivity contribution in [2.24, 2.45) is 0 Å². The van der Waals surface area contributed by atoms with E-state index in [4.69, 9.17) is 0 Å². The molecule has 0 atom stereocenters. The molecule has 0 aliphatic carbocycles. The number of nitrogens with one attached hydrogen (secondary N) is 1. The molecule has 2 aromatic heterocycles. The van der Waals surface area contributed by atoms with Crippen LogP contribution < -0.4 is 5.32 Å². The van der Waals surface area contributed by atoms with Gasteiger partial charge in [-0.2, -0.15) is 0 Å². The van der Waals surface area contributed by atoms with Crippen LogP contribution in [0.4, 0.5) is 0 Å². The number of fused-ring (bicyclic) bond motifs is 1. The average molecular weight is 301 g/mol. The SMILES string of the molecule is CCCC(=O)N1CCC(NCc2cnc3cnccn23)CC1. The van der Waals surface area contributed by atoms with Gasteiger partial charge in [-0.1, -0.05) is 6.92 Å². The van der Waals surface area contributed by atoms with E-state index in [2.05, 4.69) is 26.6 Å². The zero-order valence-electron chi connectivity index (χ0n) is 13.0. The molecule has 0 bridgehead atoms. The Morgan fingerprint density at radius 1 is 1.36 bits per heavy atom. The number of rotatable bonds is 5. The smallest absolute Gasteiger partial charge is 0.222 e. The van der Waals surface area contributed by atoms with E-state index in [1.165, 1.54) is 0 Å². The maximum atomic E-state index is 11.9. The van der Waals surface area contributed by atoms with Crippen molar-refractivity contribution < 1.29 is 4.79 Å². The number of likely N-dealkylation sites (tertiary alicyclic amines) is 1. The molecule has 1 saturated heterocycles. The first-order valence-electron chi connectivity index (χ1n) is 8.05. The van der Waals surface area contributed by atoms with Gasteiger partial charge in [-0.3, -0.25) is 14.2 Å². The number of aromatic nitrogens is 3. The second-order valence-electron chi connectivity index (χ2n) is 5.84. The first kappa shape index (κ1) is 15.0. The molecule has 3 heterocycles. The molecular formula is C16H23N5O. The van der Waals surface area contributed by atoms with Gasteiger partial charge in [0.1, 0.15) is 0 Å². The highest BCUT2D eigenvalue weighted by molar-refractivity contribution is 5.76. The van der Waals surface area contributed by atoms with Gasteiger partial charge in [-0.15, -0.1) is 0 Å². The number of nitrogens with zero attached hydrogens (tertiary/aromatic N) is 4. The Labute approximate surface area is 130 Å². The van der Waals surface area contributed by atoms with Gasteiger partial charge in [0.25, 0.3) is 0 Å². The van der Waals surface area contributed by atoms with Crippen LogP contribution in [-0.2, 0) is 11.3 Å². The van der Waals surface area contributed by atoms with Crippen molar-refractivity contribution in [3.63, 3.8) is 0 Å². The molecule has 1 aliphatic rings. The second kappa shape index (κ2) is 6.87. The topological polar surface area (TPSA) is 62.5 Å². The van der Waals surface area contributed by atoms with E-state index in [-0.39, 0.29) is 0 Å². The molecule has 1 amide bonds. The molecule has 3 rings (SSSR count). The maximum absolute atomic E-state index is 11.9. The van der Waals surface area contributed by atoms with E-state index in [1.54, 1.807) is 12.4 Å². The molecule has 0 saturated carbocycles. The van der Waals surface area contributed by atoms with Gasteiger partial charge in [0.2, 0.25) is 5.91 Å². The number of carbonyl (C=O) groups is 1. The number of hydrogen-bond acceptors (Lipinski definition) is 4. The fourth-order valence-corrected chi connectivity index (χ4v) is 2.98. The minimum absolute atomic E-state index is 0.301. The van der Waals surface area contributed by atoms with Gasteiger partial charge in [-0.05, 0) is 19.3 Å². The quantitative estimate of drug-likeness (QED) is 0.911. The van der Waals surface area contributed by atoms with Crippen LogP contribution >= 0.6 is 0 Å². The van der Waals surface area contributed by atoms with Crippen molar-refractivity contribution in [1.82, 2.24) is 24.6 Å². The van der Waals surface area contributed by atoms with Crippen LogP contribution in [0.2, 0.25) is 0 Å². The summed E-state index contributed by atoms with van der Waals surface area (Å²) in [5.41, 5.74) is 2.01. The van der Waals surface area contributed by atoms with E-state index in [0.29, 0.717) is 18.4 Å². The predicted molar refractivity (Wildman–Crippen MR) is 84.3 cm³/mol. The minimum Gasteiger partial charge on any atom is -0.343 e. The van der Waals surface area contributed by atoms with Crippen molar-refractivity contribution in [2.75, 3.05) is 13.1 Å². The molecular weight excluding hydrogens is 278 g/mol. The zero-order chi connectivity index (χ0) is 15.4. The third-order valence-electron chi connectivity index (χ3n) is 4.28. The van der Waals surface area contributed by atoms with Crippen LogP contribution in [0.1, 0.15) is 38.3 Å². The molecule has 0 radical (unpaired) electrons. The van der Waals surface area contributed by atoms with Crippen LogP contribution in [0, 0.1) is 0 Å². The molecule has 0 unspecified atom stereocenters. The molecule has 1 fully saturated rings. The number of imidazole rings is 1. The number of amides is 1. The number of hydrogen-bond donors (Lipinski definition) is 1. The number of carbonyl (C=O) groups excluding carboxylic acids is 1. The highest BCUT2D eigenvalue weighted by atomic mass is 16.2. The van der Waals surface area contributed by atoms with Crippen molar-refractivity contribution in [3.05, 3.63) is 30.5 Å². The Hall–Kier alpha value is -1.95. The summed E-state index contributed by atoms with van der Waals surface area (Å²) in [5, 5.41) is 3.59. The Morgan fingerprint density at radius 3 is 2.95 bits per heavy atom. The molecule has 22 heavy (non-hydrogen) atoms. The summed E-state index contributed by atoms with van der Waals surface area (Å²) in [5.74, 6) is 0.301. The van der Waals surface area contributed by atoms with Crippen LogP contribution in [0.15, 0.2) is 24.8 Å². The monoisotopic (exact) mass is 301 g/mol. The van der Waals surface area contributed by atoms with Gasteiger partial charge in [0, 0.05) is 44.5 Å². The zero-order valence-corrected chi connectivity index (χ0v) is 13.0. The van der Waals surface area contributed by atoms with Crippen molar-refractivity contribution in [2.45, 2.75) is 45.2 Å². The molecule has 0 aromatic carbocycles. The largest absolute Gasteiger partial charge is 0.343 e. The van der Waals surface area contributed by atoms with Gasteiger partial charge in [-0.25, -0.2) is 4.98 Å². The standard InChI is InChI=1S/C16H23N5O/c1-2-3-16(22)20-7-4-13(5-8-20)18-10-14-11-19-15-12-17-6-9-21(14)15/h6,9,11-13,18H,2-5,7-8,10H2,1H3. The van der Waals surface area contributed by atoms with E-state index < -0.39 is 0 Å². The summed E-state index contributed by atoms with van der Waals surface area (Å²) in [4.78, 5) is 22.3. The third kappa shape index (κ3) is 3.27. The lowest BCUT2D eigenvalue weighted by Gasteiger charge is -2.32. The minimum atomic E-state index is 0.301. The predicted octanol–water partition coefficient (Wildman–Crippen LogP) is 1.61. The highest BCUT2D eigenvalue weighted by Crippen LogP contribution is 2.13. The van der Waals surface area contributed by atoms with E-state index in [0.717, 1.165) is 50.2 Å². The fourth-order valence-electron chi connectivity index (χ4n) is 2.98. The molecule has 2 aromatic rings. The Morgan fingerprint density at radius 2 is 2.18 bits per heavy atom. The van der Waals surface area contributed by atoms with Crippen LogP contribution in [-0.4, -0.2) is 44.3 Å². The molecule has 1 N–H and O–H groups in total. The summed E-state index contributed by atoms with van der Waals surface area (Å²) >= 11 is 0. The Balaban J connectivity index is 1.50. The van der Waals surface area contributed by atoms with Crippen molar-refractivity contribution in [3.8, 4) is 0 Å². The average Bonchev–Trinajstić information content (AvgIpc) is 2.97. The molecule has 118 valence electrons. The summed E-state index contributed by atoms with van der Waals surface area (Å²) in [6.45, 7) is 4.58. The van der Waals surface area contributed by atoms with E-state index >= 15 is 0 Å². The third-order valence-corrected chi connectivity index (χ3v) is 4.28. The first-order valence-corrected chi connectivity index (χ1v) is 8.05. The van der Waals surface area contributed by atoms with E-state index in [1.807, 2.05) is 17.3 Å². The second-order valence-corrected chi connectivity index (χ2v) is 5.84. The van der Waals surface area contributed by atoms with Gasteiger partial charge >= 0.3 is 0 Å². The Bertz CT molecular complexity index is 630. The summed E-state index contributed by atoms with van der Waals surface area (Å²) < 4.78 is 2.06. The van der Waals surface area contributed by atoms with Gasteiger partial charge < -0.3 is 10.2 Å². The van der Waals surface area contributed by atoms with Crippen LogP contribution in [0.25, 0.3) is 5.65 Å². The van der Waals surface area contributed by atoms with Gasteiger partial charge in [0.15, 0.2) is 5.65 Å². The van der Waals surface area contributed by atoms with Crippen molar-refractivity contribution >= 4 is 11.6 Å². The highest BCUT2D eigenvalue weighted by Gasteiger charge is 2.21. The lowest BCUT2D eigenvalue weighted by molar-refractivity contribution is -0.132. The summed E-state index contributed by atoms with van der Waals surface area (Å²) in [6, 6.07) is 0.470. The maximum Gasteiger partial charge on any atom is 0.222 e. The Kier molecular flexibility index (Phi) is 4.68. The van der Waals surface area contributed by atoms with Crippen LogP contribution in [0.3, 0.4) is 0 Å². The molecule has 0 spiro atoms. The van der Waals surface area contributed by atoms with Gasteiger partial charge in [0.05, 0.1) is 18.1 Å². The normalized spacial score (nSPS) is 16.3. The fraction of sp³-hybridized carbons (Fsp3) is 0.562. The summed E-state index contributed by atoms with van der Waals surface area (Å²) in [7, 11) is 0. The van der Waals surface area contributed by atoms with Crippen molar-refractivity contribution in [1.29, 1.82) is 0 Å². The lowest BCUT2D eigenvalue weighted by Crippen LogP contribution is -2.44.